The third-order valence-electron chi connectivity index (χ3n) is 11.7. The highest BCUT2D eigenvalue weighted by atomic mass is 31.2. The molecule has 8 aromatic rings. The Morgan fingerprint density at radius 1 is 0.500 bits per heavy atom. The van der Waals surface area contributed by atoms with E-state index in [0.29, 0.717) is 0 Å². The van der Waals surface area contributed by atoms with Gasteiger partial charge in [-0.3, -0.25) is 0 Å². The molecule has 0 saturated heterocycles. The quantitative estimate of drug-likeness (QED) is 0.157. The van der Waals surface area contributed by atoms with E-state index in [9.17, 15) is 0 Å². The lowest BCUT2D eigenvalue weighted by atomic mass is 9.74. The molecule has 0 spiro atoms. The van der Waals surface area contributed by atoms with Crippen molar-refractivity contribution in [2.75, 3.05) is 0 Å². The number of hydrogen-bond donors (Lipinski definition) is 0. The number of rotatable bonds is 6. The summed E-state index contributed by atoms with van der Waals surface area (Å²) in [5, 5.41) is 2.80. The van der Waals surface area contributed by atoms with Gasteiger partial charge in [-0.2, -0.15) is 0 Å². The molecule has 0 amide bonds. The number of aryl methyl sites for hydroxylation is 1. The van der Waals surface area contributed by atoms with Gasteiger partial charge >= 0.3 is 0 Å². The molecule has 10 rings (SSSR count). The minimum Gasteiger partial charge on any atom is -0.309 e. The maximum absolute atomic E-state index is 15.6. The summed E-state index contributed by atoms with van der Waals surface area (Å²) in [5.74, 6) is 0.157. The summed E-state index contributed by atoms with van der Waals surface area (Å²) in [6.07, 6.45) is 1.78. The van der Waals surface area contributed by atoms with E-state index in [0.717, 1.165) is 39.9 Å². The Morgan fingerprint density at radius 2 is 1.13 bits per heavy atom. The maximum Gasteiger partial charge on any atom is 0.172 e. The molecule has 2 atom stereocenters. The fourth-order valence-corrected chi connectivity index (χ4v) is 12.0. The van der Waals surface area contributed by atoms with Gasteiger partial charge in [0.1, 0.15) is 0 Å². The minimum atomic E-state index is -3.07. The minimum absolute atomic E-state index is 0.157. The van der Waals surface area contributed by atoms with Crippen molar-refractivity contribution < 1.29 is 4.57 Å². The molecule has 1 aliphatic carbocycles. The topological polar surface area (TPSA) is 17.1 Å². The van der Waals surface area contributed by atoms with Gasteiger partial charge in [0.05, 0.1) is 0 Å². The van der Waals surface area contributed by atoms with E-state index in [1.807, 2.05) is 36.4 Å². The number of hydrogen-bond acceptors (Lipinski definition) is 1. The lowest BCUT2D eigenvalue weighted by Crippen LogP contribution is -2.22. The first kappa shape index (κ1) is 32.6. The first-order chi connectivity index (χ1) is 26.6. The van der Waals surface area contributed by atoms with Gasteiger partial charge in [0.2, 0.25) is 0 Å². The molecule has 0 saturated carbocycles. The molecule has 1 nitrogen and oxygen atoms in total. The summed E-state index contributed by atoms with van der Waals surface area (Å²) in [7, 11) is -3.07. The SMILES string of the molecule is Cc1ccc(-c2ccc3c(c2)-c2cc4c(cc2C(c2ccccc2)C3)P(=O)(c2ccccc2)c2ccccc2-4)cc1-c1ccccc1Cc1ccccc1. The van der Waals surface area contributed by atoms with Gasteiger partial charge < -0.3 is 4.57 Å². The predicted molar refractivity (Wildman–Crippen MR) is 227 cm³/mol. The summed E-state index contributed by atoms with van der Waals surface area (Å²) in [6.45, 7) is 2.22. The fourth-order valence-electron chi connectivity index (χ4n) is 8.97. The van der Waals surface area contributed by atoms with Crippen LogP contribution in [-0.4, -0.2) is 0 Å². The van der Waals surface area contributed by atoms with Crippen LogP contribution >= 0.6 is 7.14 Å². The molecule has 2 heteroatoms. The second-order valence-corrected chi connectivity index (χ2v) is 17.5. The van der Waals surface area contributed by atoms with E-state index < -0.39 is 7.14 Å². The summed E-state index contributed by atoms with van der Waals surface area (Å²) in [5.41, 5.74) is 17.5. The zero-order chi connectivity index (χ0) is 36.2. The molecular formula is C52H39OP. The van der Waals surface area contributed by atoms with Gasteiger partial charge in [-0.05, 0) is 122 Å². The number of benzene rings is 8. The van der Waals surface area contributed by atoms with Crippen molar-refractivity contribution in [3.05, 3.63) is 221 Å². The van der Waals surface area contributed by atoms with Crippen LogP contribution in [0.1, 0.15) is 39.3 Å². The van der Waals surface area contributed by atoms with Crippen molar-refractivity contribution >= 4 is 23.1 Å². The van der Waals surface area contributed by atoms with E-state index in [1.54, 1.807) is 0 Å². The maximum atomic E-state index is 15.6. The normalized spacial score (nSPS) is 16.6. The Balaban J connectivity index is 1.13. The fraction of sp³-hybridized carbons (Fsp3) is 0.0769. The molecule has 2 aliphatic rings. The van der Waals surface area contributed by atoms with Crippen molar-refractivity contribution in [1.29, 1.82) is 0 Å². The van der Waals surface area contributed by atoms with Gasteiger partial charge in [-0.15, -0.1) is 0 Å². The van der Waals surface area contributed by atoms with E-state index in [1.165, 1.54) is 66.8 Å². The Morgan fingerprint density at radius 3 is 1.91 bits per heavy atom. The standard InChI is InChI=1S/C52H39OP/c1-35-25-26-38(30-45(35)43-22-12-11-19-40(43)29-36-15-5-2-6-16-36)39-27-28-41-32-46(37-17-7-3-8-18-37)49-34-52-50(33-48(49)47(41)31-39)44-23-13-14-24-51(44)54(52,53)42-20-9-4-10-21-42/h2-28,30-31,33-34,46H,29,32H2,1H3. The van der Waals surface area contributed by atoms with Crippen molar-refractivity contribution in [3.8, 4) is 44.5 Å². The summed E-state index contributed by atoms with van der Waals surface area (Å²) < 4.78 is 15.6. The van der Waals surface area contributed by atoms with Crippen LogP contribution in [0.2, 0.25) is 0 Å². The molecule has 2 unspecified atom stereocenters. The molecule has 1 aliphatic heterocycles. The molecule has 0 aromatic heterocycles. The van der Waals surface area contributed by atoms with Crippen LogP contribution < -0.4 is 15.9 Å². The largest absolute Gasteiger partial charge is 0.309 e. The Bertz CT molecular complexity index is 2750. The lowest BCUT2D eigenvalue weighted by Gasteiger charge is -2.30. The highest BCUT2D eigenvalue weighted by Crippen LogP contribution is 2.55. The van der Waals surface area contributed by atoms with Crippen LogP contribution in [0.15, 0.2) is 188 Å². The Hall–Kier alpha value is -6.01. The van der Waals surface area contributed by atoms with Crippen molar-refractivity contribution in [3.63, 3.8) is 0 Å². The van der Waals surface area contributed by atoms with Crippen LogP contribution in [0.5, 0.6) is 0 Å². The average Bonchev–Trinajstić information content (AvgIpc) is 3.49. The van der Waals surface area contributed by atoms with Gasteiger partial charge in [0.25, 0.3) is 0 Å². The van der Waals surface area contributed by atoms with Crippen LogP contribution in [-0.2, 0) is 17.4 Å². The van der Waals surface area contributed by atoms with Crippen LogP contribution in [0.3, 0.4) is 0 Å². The third-order valence-corrected chi connectivity index (χ3v) is 14.8. The van der Waals surface area contributed by atoms with Gasteiger partial charge in [0.15, 0.2) is 7.14 Å². The van der Waals surface area contributed by atoms with Gasteiger partial charge in [-0.1, -0.05) is 164 Å². The van der Waals surface area contributed by atoms with Crippen LogP contribution in [0, 0.1) is 6.92 Å². The third kappa shape index (κ3) is 5.34. The zero-order valence-corrected chi connectivity index (χ0v) is 31.1. The molecular weight excluding hydrogens is 672 g/mol. The van der Waals surface area contributed by atoms with Gasteiger partial charge in [-0.25, -0.2) is 0 Å². The predicted octanol–water partition coefficient (Wildman–Crippen LogP) is 11.9. The average molecular weight is 711 g/mol. The second-order valence-electron chi connectivity index (χ2n) is 14.8. The summed E-state index contributed by atoms with van der Waals surface area (Å²) in [6, 6.07) is 67.6. The highest BCUT2D eigenvalue weighted by molar-refractivity contribution is 7.86. The lowest BCUT2D eigenvalue weighted by molar-refractivity contribution is 0.593. The molecule has 0 fully saturated rings. The zero-order valence-electron chi connectivity index (χ0n) is 30.2. The molecule has 1 heterocycles. The molecule has 8 aromatic carbocycles. The molecule has 0 N–H and O–H groups in total. The smallest absolute Gasteiger partial charge is 0.172 e. The summed E-state index contributed by atoms with van der Waals surface area (Å²) >= 11 is 0. The molecule has 258 valence electrons. The molecule has 0 bridgehead atoms. The van der Waals surface area contributed by atoms with Crippen molar-refractivity contribution in [1.82, 2.24) is 0 Å². The van der Waals surface area contributed by atoms with E-state index in [-0.39, 0.29) is 5.92 Å². The van der Waals surface area contributed by atoms with E-state index in [4.69, 9.17) is 0 Å². The second kappa shape index (κ2) is 13.1. The Labute approximate surface area is 318 Å². The number of fused-ring (bicyclic) bond motifs is 6. The highest BCUT2D eigenvalue weighted by Gasteiger charge is 2.42. The van der Waals surface area contributed by atoms with Crippen LogP contribution in [0.25, 0.3) is 44.5 Å². The monoisotopic (exact) mass is 710 g/mol. The summed E-state index contributed by atoms with van der Waals surface area (Å²) in [4.78, 5) is 0. The first-order valence-corrected chi connectivity index (χ1v) is 20.6. The van der Waals surface area contributed by atoms with Crippen LogP contribution in [0.4, 0.5) is 0 Å². The van der Waals surface area contributed by atoms with Crippen molar-refractivity contribution in [2.45, 2.75) is 25.7 Å². The molecule has 0 radical (unpaired) electrons. The van der Waals surface area contributed by atoms with Gasteiger partial charge in [0, 0.05) is 21.8 Å². The molecule has 54 heavy (non-hydrogen) atoms. The Kier molecular flexibility index (Phi) is 7.94. The van der Waals surface area contributed by atoms with E-state index in [2.05, 4.69) is 159 Å². The van der Waals surface area contributed by atoms with Crippen molar-refractivity contribution in [2.24, 2.45) is 0 Å². The van der Waals surface area contributed by atoms with E-state index >= 15 is 4.57 Å². The first-order valence-electron chi connectivity index (χ1n) is 18.9.